The lowest BCUT2D eigenvalue weighted by molar-refractivity contribution is 0.142. The van der Waals surface area contributed by atoms with Crippen LogP contribution in [0.1, 0.15) is 19.8 Å². The fourth-order valence-corrected chi connectivity index (χ4v) is 2.57. The van der Waals surface area contributed by atoms with Crippen LogP contribution in [0.25, 0.3) is 0 Å². The maximum atomic E-state index is 5.37. The van der Waals surface area contributed by atoms with Crippen molar-refractivity contribution in [3.63, 3.8) is 0 Å². The molecule has 1 aliphatic rings. The molecule has 0 amide bonds. The molecule has 1 fully saturated rings. The summed E-state index contributed by atoms with van der Waals surface area (Å²) >= 11 is 0. The number of aromatic nitrogens is 2. The van der Waals surface area contributed by atoms with Gasteiger partial charge in [-0.25, -0.2) is 4.98 Å². The third kappa shape index (κ3) is 4.51. The number of rotatable bonds is 8. The van der Waals surface area contributed by atoms with Gasteiger partial charge >= 0.3 is 0 Å². The number of ether oxygens (including phenoxy) is 1. The largest absolute Gasteiger partial charge is 0.382 e. The summed E-state index contributed by atoms with van der Waals surface area (Å²) in [5.74, 6) is 1.74. The first kappa shape index (κ1) is 14.3. The maximum Gasteiger partial charge on any atom is 0.202 e. The number of anilines is 1. The molecular formula is C14H26N4O. The third-order valence-corrected chi connectivity index (χ3v) is 3.65. The van der Waals surface area contributed by atoms with E-state index in [1.807, 2.05) is 19.3 Å². The molecule has 1 aromatic rings. The van der Waals surface area contributed by atoms with Gasteiger partial charge in [0.15, 0.2) is 0 Å². The zero-order valence-electron chi connectivity index (χ0n) is 12.1. The summed E-state index contributed by atoms with van der Waals surface area (Å²) in [6.45, 7) is 8.04. The molecule has 1 atom stereocenters. The molecule has 1 N–H and O–H groups in total. The highest BCUT2D eigenvalue weighted by atomic mass is 16.5. The molecule has 1 aromatic heterocycles. The predicted octanol–water partition coefficient (Wildman–Crippen LogP) is 1.67. The Morgan fingerprint density at radius 3 is 3.16 bits per heavy atom. The first-order valence-corrected chi connectivity index (χ1v) is 7.31. The molecule has 1 saturated heterocycles. The van der Waals surface area contributed by atoms with Gasteiger partial charge in [0.25, 0.3) is 0 Å². The van der Waals surface area contributed by atoms with Gasteiger partial charge in [-0.15, -0.1) is 0 Å². The van der Waals surface area contributed by atoms with E-state index < -0.39 is 0 Å². The van der Waals surface area contributed by atoms with E-state index in [0.29, 0.717) is 0 Å². The predicted molar refractivity (Wildman–Crippen MR) is 77.4 cm³/mol. The summed E-state index contributed by atoms with van der Waals surface area (Å²) in [6.07, 6.45) is 6.22. The summed E-state index contributed by atoms with van der Waals surface area (Å²) in [7, 11) is 2.19. The molecule has 108 valence electrons. The Morgan fingerprint density at radius 2 is 2.42 bits per heavy atom. The Labute approximate surface area is 116 Å². The standard InChI is InChI=1S/C14H26N4O/c1-3-19-10-4-7-18-9-6-15-14(18)16-11-13-5-8-17(2)12-13/h6,9,13H,3-5,7-8,10-12H2,1-2H3,(H,15,16). The molecule has 0 aromatic carbocycles. The zero-order valence-corrected chi connectivity index (χ0v) is 12.1. The van der Waals surface area contributed by atoms with Crippen LogP contribution in [0.2, 0.25) is 0 Å². The Hall–Kier alpha value is -1.07. The summed E-state index contributed by atoms with van der Waals surface area (Å²) in [6, 6.07) is 0. The Morgan fingerprint density at radius 1 is 1.53 bits per heavy atom. The van der Waals surface area contributed by atoms with E-state index >= 15 is 0 Å². The number of hydrogen-bond donors (Lipinski definition) is 1. The minimum atomic E-state index is 0.749. The van der Waals surface area contributed by atoms with Crippen LogP contribution in [-0.4, -0.2) is 54.3 Å². The van der Waals surface area contributed by atoms with Crippen LogP contribution in [0.15, 0.2) is 12.4 Å². The molecule has 0 bridgehead atoms. The van der Waals surface area contributed by atoms with Crippen molar-refractivity contribution in [3.05, 3.63) is 12.4 Å². The molecule has 0 aliphatic carbocycles. The highest BCUT2D eigenvalue weighted by molar-refractivity contribution is 5.25. The fourth-order valence-electron chi connectivity index (χ4n) is 2.57. The van der Waals surface area contributed by atoms with Gasteiger partial charge < -0.3 is 19.5 Å². The first-order valence-electron chi connectivity index (χ1n) is 7.31. The second-order valence-electron chi connectivity index (χ2n) is 5.29. The average Bonchev–Trinajstić information content (AvgIpc) is 3.01. The van der Waals surface area contributed by atoms with Crippen LogP contribution in [0.4, 0.5) is 5.95 Å². The van der Waals surface area contributed by atoms with Crippen molar-refractivity contribution in [2.45, 2.75) is 26.3 Å². The molecule has 5 heteroatoms. The minimum Gasteiger partial charge on any atom is -0.382 e. The van der Waals surface area contributed by atoms with Crippen molar-refractivity contribution in [2.24, 2.45) is 5.92 Å². The third-order valence-electron chi connectivity index (χ3n) is 3.65. The highest BCUT2D eigenvalue weighted by Crippen LogP contribution is 2.15. The summed E-state index contributed by atoms with van der Waals surface area (Å²) < 4.78 is 7.54. The second-order valence-corrected chi connectivity index (χ2v) is 5.29. The summed E-state index contributed by atoms with van der Waals surface area (Å²) in [5.41, 5.74) is 0. The quantitative estimate of drug-likeness (QED) is 0.727. The van der Waals surface area contributed by atoms with Crippen LogP contribution >= 0.6 is 0 Å². The Bertz CT molecular complexity index is 366. The topological polar surface area (TPSA) is 42.3 Å². The molecule has 2 rings (SSSR count). The maximum absolute atomic E-state index is 5.37. The van der Waals surface area contributed by atoms with Gasteiger partial charge in [-0.1, -0.05) is 0 Å². The zero-order chi connectivity index (χ0) is 13.5. The van der Waals surface area contributed by atoms with Crippen molar-refractivity contribution in [1.82, 2.24) is 14.5 Å². The van der Waals surface area contributed by atoms with Crippen LogP contribution in [0.3, 0.4) is 0 Å². The van der Waals surface area contributed by atoms with Gasteiger partial charge in [-0.05, 0) is 39.3 Å². The van der Waals surface area contributed by atoms with Crippen LogP contribution in [-0.2, 0) is 11.3 Å². The summed E-state index contributed by atoms with van der Waals surface area (Å²) in [4.78, 5) is 6.78. The van der Waals surface area contributed by atoms with E-state index in [9.17, 15) is 0 Å². The number of aryl methyl sites for hydroxylation is 1. The second kappa shape index (κ2) is 7.50. The lowest BCUT2D eigenvalue weighted by Gasteiger charge is -2.13. The van der Waals surface area contributed by atoms with Crippen LogP contribution < -0.4 is 5.32 Å². The Kier molecular flexibility index (Phi) is 5.66. The van der Waals surface area contributed by atoms with Crippen LogP contribution in [0.5, 0.6) is 0 Å². The highest BCUT2D eigenvalue weighted by Gasteiger charge is 2.19. The number of imidazole rings is 1. The van der Waals surface area contributed by atoms with Gasteiger partial charge in [0.05, 0.1) is 0 Å². The fraction of sp³-hybridized carbons (Fsp3) is 0.786. The van der Waals surface area contributed by atoms with E-state index in [0.717, 1.165) is 44.6 Å². The number of nitrogens with one attached hydrogen (secondary N) is 1. The lowest BCUT2D eigenvalue weighted by atomic mass is 10.1. The van der Waals surface area contributed by atoms with E-state index in [1.165, 1.54) is 19.5 Å². The molecule has 0 saturated carbocycles. The molecule has 5 nitrogen and oxygen atoms in total. The van der Waals surface area contributed by atoms with Gasteiger partial charge in [0.2, 0.25) is 5.95 Å². The van der Waals surface area contributed by atoms with Gasteiger partial charge in [0.1, 0.15) is 0 Å². The van der Waals surface area contributed by atoms with Gasteiger partial charge in [0, 0.05) is 45.2 Å². The van der Waals surface area contributed by atoms with Gasteiger partial charge in [-0.3, -0.25) is 0 Å². The first-order chi connectivity index (χ1) is 9.29. The summed E-state index contributed by atoms with van der Waals surface area (Å²) in [5, 5.41) is 3.48. The van der Waals surface area contributed by atoms with Gasteiger partial charge in [-0.2, -0.15) is 0 Å². The molecule has 2 heterocycles. The smallest absolute Gasteiger partial charge is 0.202 e. The van der Waals surface area contributed by atoms with Crippen molar-refractivity contribution < 1.29 is 4.74 Å². The van der Waals surface area contributed by atoms with Crippen LogP contribution in [0, 0.1) is 5.92 Å². The lowest BCUT2D eigenvalue weighted by Crippen LogP contribution is -2.20. The van der Waals surface area contributed by atoms with Crippen molar-refractivity contribution in [3.8, 4) is 0 Å². The minimum absolute atomic E-state index is 0.749. The van der Waals surface area contributed by atoms with Crippen molar-refractivity contribution in [2.75, 3.05) is 45.2 Å². The molecule has 0 spiro atoms. The number of likely N-dealkylation sites (tertiary alicyclic amines) is 1. The number of nitrogens with zero attached hydrogens (tertiary/aromatic N) is 3. The van der Waals surface area contributed by atoms with Crippen molar-refractivity contribution in [1.29, 1.82) is 0 Å². The van der Waals surface area contributed by atoms with E-state index in [-0.39, 0.29) is 0 Å². The monoisotopic (exact) mass is 266 g/mol. The molecule has 0 radical (unpaired) electrons. The molecule has 1 unspecified atom stereocenters. The van der Waals surface area contributed by atoms with E-state index in [2.05, 4.69) is 26.8 Å². The molecular weight excluding hydrogens is 240 g/mol. The van der Waals surface area contributed by atoms with Crippen molar-refractivity contribution >= 4 is 5.95 Å². The molecule has 1 aliphatic heterocycles. The van der Waals surface area contributed by atoms with E-state index in [4.69, 9.17) is 4.74 Å². The Balaban J connectivity index is 1.72. The average molecular weight is 266 g/mol. The SMILES string of the molecule is CCOCCCn1ccnc1NCC1CCN(C)C1. The number of hydrogen-bond acceptors (Lipinski definition) is 4. The van der Waals surface area contributed by atoms with E-state index in [1.54, 1.807) is 0 Å². The molecule has 19 heavy (non-hydrogen) atoms. The normalized spacial score (nSPS) is 20.0.